The number of halogens is 1. The third kappa shape index (κ3) is 2.45. The topological polar surface area (TPSA) is 46.9 Å². The van der Waals surface area contributed by atoms with Crippen LogP contribution in [0.5, 0.6) is 0 Å². The number of Topliss-reactive ketones (excluding diaryl/α,β-unsaturated/α-hetero) is 1. The Kier molecular flexibility index (Phi) is 4.07. The van der Waals surface area contributed by atoms with Gasteiger partial charge < -0.3 is 5.32 Å². The zero-order chi connectivity index (χ0) is 13.3. The highest BCUT2D eigenvalue weighted by molar-refractivity contribution is 6.32. The van der Waals surface area contributed by atoms with Crippen molar-refractivity contribution >= 4 is 17.4 Å². The van der Waals surface area contributed by atoms with E-state index in [4.69, 9.17) is 11.6 Å². The molecule has 18 heavy (non-hydrogen) atoms. The van der Waals surface area contributed by atoms with Crippen LogP contribution in [0.3, 0.4) is 0 Å². The van der Waals surface area contributed by atoms with E-state index < -0.39 is 0 Å². The first-order valence-corrected chi connectivity index (χ1v) is 6.87. The van der Waals surface area contributed by atoms with Gasteiger partial charge in [-0.15, -0.1) is 0 Å². The standard InChI is InChI=1S/C13H20ClN3O/c1-4-17-11(13(14)9(3)16-17)5-12(18)8(2)10-6-15-7-10/h8,10,15H,4-7H2,1-3H3. The smallest absolute Gasteiger partial charge is 0.142 e. The minimum absolute atomic E-state index is 0.0998. The molecular weight excluding hydrogens is 250 g/mol. The Morgan fingerprint density at radius 3 is 2.78 bits per heavy atom. The maximum atomic E-state index is 12.2. The van der Waals surface area contributed by atoms with Crippen LogP contribution in [0.4, 0.5) is 0 Å². The van der Waals surface area contributed by atoms with Crippen molar-refractivity contribution in [3.05, 3.63) is 16.4 Å². The molecule has 0 bridgehead atoms. The number of carbonyl (C=O) groups is 1. The van der Waals surface area contributed by atoms with Gasteiger partial charge in [0.05, 0.1) is 22.8 Å². The molecule has 1 saturated heterocycles. The van der Waals surface area contributed by atoms with E-state index >= 15 is 0 Å². The number of hydrogen-bond acceptors (Lipinski definition) is 3. The Hall–Kier alpha value is -0.870. The Bertz CT molecular complexity index is 451. The van der Waals surface area contributed by atoms with Crippen LogP contribution in [0.1, 0.15) is 25.2 Å². The van der Waals surface area contributed by atoms with E-state index in [9.17, 15) is 4.79 Å². The molecule has 0 amide bonds. The number of aromatic nitrogens is 2. The molecule has 1 unspecified atom stereocenters. The number of hydrogen-bond donors (Lipinski definition) is 1. The Morgan fingerprint density at radius 2 is 2.28 bits per heavy atom. The Morgan fingerprint density at radius 1 is 1.61 bits per heavy atom. The summed E-state index contributed by atoms with van der Waals surface area (Å²) in [7, 11) is 0. The van der Waals surface area contributed by atoms with Gasteiger partial charge in [0.1, 0.15) is 5.78 Å². The minimum atomic E-state index is 0.0998. The molecule has 2 heterocycles. The number of rotatable bonds is 5. The molecule has 0 spiro atoms. The highest BCUT2D eigenvalue weighted by atomic mass is 35.5. The van der Waals surface area contributed by atoms with E-state index in [0.29, 0.717) is 17.4 Å². The van der Waals surface area contributed by atoms with Crippen molar-refractivity contribution in [2.45, 2.75) is 33.7 Å². The van der Waals surface area contributed by atoms with Gasteiger partial charge in [-0.1, -0.05) is 18.5 Å². The molecule has 0 aromatic carbocycles. The normalized spacial score (nSPS) is 17.6. The molecule has 100 valence electrons. The molecule has 1 N–H and O–H groups in total. The lowest BCUT2D eigenvalue weighted by molar-refractivity contribution is -0.123. The third-order valence-corrected chi connectivity index (χ3v) is 4.31. The second-order valence-corrected chi connectivity index (χ2v) is 5.39. The predicted octanol–water partition coefficient (Wildman–Crippen LogP) is 1.83. The van der Waals surface area contributed by atoms with Crippen LogP contribution < -0.4 is 5.32 Å². The summed E-state index contributed by atoms with van der Waals surface area (Å²) in [5.74, 6) is 0.844. The van der Waals surface area contributed by atoms with Crippen molar-refractivity contribution in [1.29, 1.82) is 0 Å². The molecule has 1 atom stereocenters. The molecule has 0 saturated carbocycles. The summed E-state index contributed by atoms with van der Waals surface area (Å²) in [4.78, 5) is 12.2. The van der Waals surface area contributed by atoms with Crippen molar-refractivity contribution in [2.24, 2.45) is 11.8 Å². The van der Waals surface area contributed by atoms with Gasteiger partial charge in [0.15, 0.2) is 0 Å². The van der Waals surface area contributed by atoms with E-state index in [1.54, 1.807) is 0 Å². The number of aryl methyl sites for hydroxylation is 2. The molecule has 1 aliphatic heterocycles. The highest BCUT2D eigenvalue weighted by Gasteiger charge is 2.29. The van der Waals surface area contributed by atoms with Crippen LogP contribution in [0.25, 0.3) is 0 Å². The fourth-order valence-electron chi connectivity index (χ4n) is 2.29. The first-order chi connectivity index (χ1) is 8.54. The molecule has 4 nitrogen and oxygen atoms in total. The Balaban J connectivity index is 2.10. The lowest BCUT2D eigenvalue weighted by atomic mass is 9.84. The SMILES string of the molecule is CCn1nc(C)c(Cl)c1CC(=O)C(C)C1CNC1. The maximum Gasteiger partial charge on any atom is 0.142 e. The van der Waals surface area contributed by atoms with E-state index in [-0.39, 0.29) is 11.7 Å². The van der Waals surface area contributed by atoms with E-state index in [2.05, 4.69) is 10.4 Å². The van der Waals surface area contributed by atoms with Gasteiger partial charge in [0.2, 0.25) is 0 Å². The summed E-state index contributed by atoms with van der Waals surface area (Å²) in [6.45, 7) is 8.55. The molecule has 1 aromatic rings. The van der Waals surface area contributed by atoms with E-state index in [0.717, 1.165) is 31.0 Å². The summed E-state index contributed by atoms with van der Waals surface area (Å²) in [6, 6.07) is 0. The van der Waals surface area contributed by atoms with Crippen molar-refractivity contribution in [2.75, 3.05) is 13.1 Å². The lowest BCUT2D eigenvalue weighted by Crippen LogP contribution is -2.47. The molecule has 0 radical (unpaired) electrons. The van der Waals surface area contributed by atoms with Crippen LogP contribution in [-0.2, 0) is 17.8 Å². The highest BCUT2D eigenvalue weighted by Crippen LogP contribution is 2.24. The van der Waals surface area contributed by atoms with Crippen LogP contribution in [0, 0.1) is 18.8 Å². The van der Waals surface area contributed by atoms with Gasteiger partial charge >= 0.3 is 0 Å². The summed E-state index contributed by atoms with van der Waals surface area (Å²) >= 11 is 6.22. The predicted molar refractivity (Wildman–Crippen MR) is 71.9 cm³/mol. The van der Waals surface area contributed by atoms with Crippen molar-refractivity contribution < 1.29 is 4.79 Å². The molecule has 1 aliphatic rings. The summed E-state index contributed by atoms with van der Waals surface area (Å²) in [5.41, 5.74) is 1.67. The molecule has 2 rings (SSSR count). The second kappa shape index (κ2) is 5.41. The van der Waals surface area contributed by atoms with E-state index in [1.165, 1.54) is 0 Å². The zero-order valence-corrected chi connectivity index (χ0v) is 11.9. The molecule has 1 fully saturated rings. The van der Waals surface area contributed by atoms with Gasteiger partial charge in [-0.25, -0.2) is 0 Å². The fraction of sp³-hybridized carbons (Fsp3) is 0.692. The number of ketones is 1. The van der Waals surface area contributed by atoms with Crippen LogP contribution in [-0.4, -0.2) is 28.7 Å². The molecule has 0 aliphatic carbocycles. The van der Waals surface area contributed by atoms with Gasteiger partial charge in [0, 0.05) is 12.5 Å². The molecule has 5 heteroatoms. The quantitative estimate of drug-likeness (QED) is 0.887. The Labute approximate surface area is 113 Å². The summed E-state index contributed by atoms with van der Waals surface area (Å²) < 4.78 is 1.83. The zero-order valence-electron chi connectivity index (χ0n) is 11.2. The van der Waals surface area contributed by atoms with Crippen LogP contribution in [0.15, 0.2) is 0 Å². The summed E-state index contributed by atoms with van der Waals surface area (Å²) in [5, 5.41) is 8.19. The number of nitrogens with zero attached hydrogens (tertiary/aromatic N) is 2. The fourth-order valence-corrected chi connectivity index (χ4v) is 2.49. The lowest BCUT2D eigenvalue weighted by Gasteiger charge is -2.31. The molecule has 1 aromatic heterocycles. The minimum Gasteiger partial charge on any atom is -0.316 e. The average molecular weight is 270 g/mol. The monoisotopic (exact) mass is 269 g/mol. The van der Waals surface area contributed by atoms with Crippen molar-refractivity contribution in [1.82, 2.24) is 15.1 Å². The van der Waals surface area contributed by atoms with Gasteiger partial charge in [0.25, 0.3) is 0 Å². The van der Waals surface area contributed by atoms with Gasteiger partial charge in [-0.2, -0.15) is 5.10 Å². The first kappa shape index (κ1) is 13.6. The largest absolute Gasteiger partial charge is 0.316 e. The van der Waals surface area contributed by atoms with E-state index in [1.807, 2.05) is 25.5 Å². The maximum absolute atomic E-state index is 12.2. The second-order valence-electron chi connectivity index (χ2n) is 5.01. The van der Waals surface area contributed by atoms with Gasteiger partial charge in [-0.05, 0) is 32.9 Å². The van der Waals surface area contributed by atoms with Crippen molar-refractivity contribution in [3.8, 4) is 0 Å². The summed E-state index contributed by atoms with van der Waals surface area (Å²) in [6.07, 6.45) is 0.394. The van der Waals surface area contributed by atoms with Crippen molar-refractivity contribution in [3.63, 3.8) is 0 Å². The average Bonchev–Trinajstić information content (AvgIpc) is 2.54. The van der Waals surface area contributed by atoms with Crippen LogP contribution in [0.2, 0.25) is 5.02 Å². The van der Waals surface area contributed by atoms with Crippen LogP contribution >= 0.6 is 11.6 Å². The first-order valence-electron chi connectivity index (χ1n) is 6.49. The third-order valence-electron chi connectivity index (χ3n) is 3.82. The molecular formula is C13H20ClN3O. The number of carbonyl (C=O) groups excluding carboxylic acids is 1. The van der Waals surface area contributed by atoms with Gasteiger partial charge in [-0.3, -0.25) is 9.48 Å². The number of nitrogens with one attached hydrogen (secondary N) is 1.